The Morgan fingerprint density at radius 3 is 2.66 bits per heavy atom. The first kappa shape index (κ1) is 23.1. The Bertz CT molecular complexity index is 1510. The molecular formula is C21H12F3N7OS3. The van der Waals surface area contributed by atoms with Crippen molar-refractivity contribution in [3.63, 3.8) is 0 Å². The summed E-state index contributed by atoms with van der Waals surface area (Å²) in [5.74, 6) is 0. The second-order valence-corrected chi connectivity index (χ2v) is 9.95. The van der Waals surface area contributed by atoms with Gasteiger partial charge >= 0.3 is 12.2 Å². The van der Waals surface area contributed by atoms with Gasteiger partial charge < -0.3 is 5.32 Å². The maximum Gasteiger partial charge on any atom is 0.416 e. The van der Waals surface area contributed by atoms with Crippen molar-refractivity contribution in [3.8, 4) is 11.1 Å². The first-order chi connectivity index (χ1) is 16.9. The molecule has 0 atom stereocenters. The molecular weight excluding hydrogens is 519 g/mol. The number of alkyl halides is 3. The number of nitrogens with one attached hydrogen (secondary N) is 2. The lowest BCUT2D eigenvalue weighted by molar-refractivity contribution is -0.137. The van der Waals surface area contributed by atoms with E-state index in [1.54, 1.807) is 12.4 Å². The van der Waals surface area contributed by atoms with Crippen molar-refractivity contribution in [1.82, 2.24) is 25.1 Å². The SMILES string of the molecule is O=C(Nc1cccc(C(F)(F)F)c1)Nc1nnc(Sc2ncnc3scc(-c4ccncc4)c23)s1. The minimum absolute atomic E-state index is 0.000848. The number of hydrogen-bond acceptors (Lipinski definition) is 9. The van der Waals surface area contributed by atoms with Gasteiger partial charge in [0, 0.05) is 29.0 Å². The fraction of sp³-hybridized carbons (Fsp3) is 0.0476. The highest BCUT2D eigenvalue weighted by Crippen LogP contribution is 2.41. The van der Waals surface area contributed by atoms with Crippen molar-refractivity contribution in [1.29, 1.82) is 0 Å². The lowest BCUT2D eigenvalue weighted by atomic mass is 10.1. The summed E-state index contributed by atoms with van der Waals surface area (Å²) < 4.78 is 39.1. The van der Waals surface area contributed by atoms with Crippen molar-refractivity contribution in [2.45, 2.75) is 15.5 Å². The van der Waals surface area contributed by atoms with Crippen LogP contribution in [0.5, 0.6) is 0 Å². The fourth-order valence-corrected chi connectivity index (χ4v) is 5.83. The lowest BCUT2D eigenvalue weighted by Gasteiger charge is -2.09. The van der Waals surface area contributed by atoms with E-state index in [-0.39, 0.29) is 10.8 Å². The number of urea groups is 1. The molecule has 5 aromatic rings. The molecule has 14 heteroatoms. The molecule has 2 N–H and O–H groups in total. The third kappa shape index (κ3) is 5.23. The number of rotatable bonds is 5. The quantitative estimate of drug-likeness (QED) is 0.199. The van der Waals surface area contributed by atoms with E-state index in [1.807, 2.05) is 17.5 Å². The predicted molar refractivity (Wildman–Crippen MR) is 129 cm³/mol. The maximum absolute atomic E-state index is 12.9. The van der Waals surface area contributed by atoms with E-state index in [0.717, 1.165) is 44.8 Å². The fourth-order valence-electron chi connectivity index (χ4n) is 3.09. The minimum atomic E-state index is -4.51. The van der Waals surface area contributed by atoms with Crippen LogP contribution in [0, 0.1) is 0 Å². The molecule has 0 radical (unpaired) electrons. The number of fused-ring (bicyclic) bond motifs is 1. The van der Waals surface area contributed by atoms with Crippen molar-refractivity contribution in [2.24, 2.45) is 0 Å². The van der Waals surface area contributed by atoms with Crippen LogP contribution in [-0.4, -0.2) is 31.2 Å². The molecule has 0 aliphatic carbocycles. The van der Waals surface area contributed by atoms with Crippen molar-refractivity contribution >= 4 is 61.5 Å². The van der Waals surface area contributed by atoms with Gasteiger partial charge in [-0.3, -0.25) is 10.3 Å². The van der Waals surface area contributed by atoms with Crippen LogP contribution in [0.25, 0.3) is 21.3 Å². The Kier molecular flexibility index (Phi) is 6.32. The Morgan fingerprint density at radius 1 is 1.03 bits per heavy atom. The molecule has 0 aliphatic rings. The first-order valence-electron chi connectivity index (χ1n) is 9.76. The molecule has 35 heavy (non-hydrogen) atoms. The summed E-state index contributed by atoms with van der Waals surface area (Å²) in [7, 11) is 0. The van der Waals surface area contributed by atoms with Gasteiger partial charge in [0.05, 0.1) is 10.9 Å². The number of carbonyl (C=O) groups excluding carboxylic acids is 1. The monoisotopic (exact) mass is 531 g/mol. The number of carbonyl (C=O) groups is 1. The zero-order valence-corrected chi connectivity index (χ0v) is 19.7. The largest absolute Gasteiger partial charge is 0.416 e. The minimum Gasteiger partial charge on any atom is -0.308 e. The summed E-state index contributed by atoms with van der Waals surface area (Å²) in [5, 5.41) is 16.6. The van der Waals surface area contributed by atoms with Crippen molar-refractivity contribution in [2.75, 3.05) is 10.6 Å². The zero-order valence-electron chi connectivity index (χ0n) is 17.3. The number of halogens is 3. The van der Waals surface area contributed by atoms with Gasteiger partial charge in [0.15, 0.2) is 4.34 Å². The maximum atomic E-state index is 12.9. The highest BCUT2D eigenvalue weighted by Gasteiger charge is 2.30. The number of benzene rings is 1. The van der Waals surface area contributed by atoms with Gasteiger partial charge in [0.1, 0.15) is 16.2 Å². The van der Waals surface area contributed by atoms with E-state index in [2.05, 4.69) is 35.8 Å². The van der Waals surface area contributed by atoms with E-state index < -0.39 is 17.8 Å². The molecule has 4 heterocycles. The van der Waals surface area contributed by atoms with Gasteiger partial charge in [-0.2, -0.15) is 13.2 Å². The van der Waals surface area contributed by atoms with Crippen molar-refractivity contribution < 1.29 is 18.0 Å². The molecule has 0 bridgehead atoms. The molecule has 1 aromatic carbocycles. The average Bonchev–Trinajstić information content (AvgIpc) is 3.46. The third-order valence-electron chi connectivity index (χ3n) is 4.59. The Morgan fingerprint density at radius 2 is 1.86 bits per heavy atom. The Hall–Kier alpha value is -3.62. The van der Waals surface area contributed by atoms with E-state index in [4.69, 9.17) is 0 Å². The van der Waals surface area contributed by atoms with E-state index in [1.165, 1.54) is 41.6 Å². The summed E-state index contributed by atoms with van der Waals surface area (Å²) in [5.41, 5.74) is 1.09. The molecule has 5 rings (SSSR count). The van der Waals surface area contributed by atoms with E-state index in [9.17, 15) is 18.0 Å². The van der Waals surface area contributed by atoms with Crippen LogP contribution in [0.4, 0.5) is 28.8 Å². The number of hydrogen-bond donors (Lipinski definition) is 2. The summed E-state index contributed by atoms with van der Waals surface area (Å²) in [6.45, 7) is 0. The summed E-state index contributed by atoms with van der Waals surface area (Å²) >= 11 is 3.88. The highest BCUT2D eigenvalue weighted by atomic mass is 32.2. The summed E-state index contributed by atoms with van der Waals surface area (Å²) in [6, 6.07) is 7.41. The van der Waals surface area contributed by atoms with Gasteiger partial charge in [-0.05, 0) is 47.7 Å². The van der Waals surface area contributed by atoms with Crippen LogP contribution in [-0.2, 0) is 6.18 Å². The number of aromatic nitrogens is 5. The molecule has 0 saturated heterocycles. The Labute approximate surface area is 207 Å². The van der Waals surface area contributed by atoms with Crippen LogP contribution in [0.1, 0.15) is 5.56 Å². The highest BCUT2D eigenvalue weighted by molar-refractivity contribution is 8.01. The van der Waals surface area contributed by atoms with Gasteiger partial charge in [-0.25, -0.2) is 14.8 Å². The predicted octanol–water partition coefficient (Wildman–Crippen LogP) is 6.42. The third-order valence-corrected chi connectivity index (χ3v) is 7.36. The van der Waals surface area contributed by atoms with Crippen LogP contribution in [0.3, 0.4) is 0 Å². The molecule has 8 nitrogen and oxygen atoms in total. The number of nitrogens with zero attached hydrogens (tertiary/aromatic N) is 5. The van der Waals surface area contributed by atoms with Crippen LogP contribution in [0.2, 0.25) is 0 Å². The van der Waals surface area contributed by atoms with Gasteiger partial charge in [-0.15, -0.1) is 21.5 Å². The molecule has 0 spiro atoms. The standard InChI is InChI=1S/C21H12F3N7OS3/c22-21(23,24)12-2-1-3-13(8-12)28-18(32)29-19-30-31-20(35-19)34-17-15-14(11-4-6-25-7-5-11)9-33-16(15)26-10-27-17/h1-10H,(H2,28,29,30,32). The smallest absolute Gasteiger partial charge is 0.308 e. The van der Waals surface area contributed by atoms with Crippen molar-refractivity contribution in [3.05, 3.63) is 66.1 Å². The molecule has 0 unspecified atom stereocenters. The number of amides is 2. The van der Waals surface area contributed by atoms with E-state index in [0.29, 0.717) is 9.37 Å². The summed E-state index contributed by atoms with van der Waals surface area (Å²) in [4.78, 5) is 25.9. The first-order valence-corrected chi connectivity index (χ1v) is 12.3. The zero-order chi connectivity index (χ0) is 24.4. The second-order valence-electron chi connectivity index (χ2n) is 6.88. The lowest BCUT2D eigenvalue weighted by Crippen LogP contribution is -2.19. The molecule has 4 aromatic heterocycles. The average molecular weight is 532 g/mol. The normalized spacial score (nSPS) is 11.5. The van der Waals surface area contributed by atoms with Crippen LogP contribution < -0.4 is 10.6 Å². The second kappa shape index (κ2) is 9.56. The Balaban J connectivity index is 1.31. The topological polar surface area (TPSA) is 106 Å². The molecule has 176 valence electrons. The molecule has 0 fully saturated rings. The molecule has 2 amide bonds. The number of anilines is 2. The van der Waals surface area contributed by atoms with Gasteiger partial charge in [0.25, 0.3) is 0 Å². The number of thiophene rings is 1. The van der Waals surface area contributed by atoms with E-state index >= 15 is 0 Å². The summed E-state index contributed by atoms with van der Waals surface area (Å²) in [6.07, 6.45) is 0.386. The van der Waals surface area contributed by atoms with Crippen LogP contribution in [0.15, 0.2) is 69.9 Å². The van der Waals surface area contributed by atoms with Crippen LogP contribution >= 0.6 is 34.4 Å². The molecule has 0 saturated carbocycles. The van der Waals surface area contributed by atoms with Gasteiger partial charge in [-0.1, -0.05) is 17.4 Å². The number of pyridine rings is 1. The van der Waals surface area contributed by atoms with Gasteiger partial charge in [0.2, 0.25) is 5.13 Å². The molecule has 0 aliphatic heterocycles.